The molecule has 2 heterocycles. The van der Waals surface area contributed by atoms with Crippen LogP contribution in [0.3, 0.4) is 0 Å². The molecule has 28 heavy (non-hydrogen) atoms. The maximum absolute atomic E-state index is 9.10. The standard InChI is InChI=1S/C18H26N4.C2H2O4/c1-2-7-13-21(12-6-1)14-8-9-15-22-19-16-18(20-22)17-10-4-3-5-11-17;3-1(4)2(5)6/h3-5,10-11,16H,1-2,6-9,12-15H2;(H,3,4)(H,5,6). The Balaban J connectivity index is 0.000000409. The van der Waals surface area contributed by atoms with Crippen LogP contribution in [0.1, 0.15) is 38.5 Å². The van der Waals surface area contributed by atoms with E-state index in [-0.39, 0.29) is 0 Å². The zero-order chi connectivity index (χ0) is 20.2. The van der Waals surface area contributed by atoms with E-state index in [4.69, 9.17) is 19.8 Å². The molecular formula is C20H28N4O4. The van der Waals surface area contributed by atoms with E-state index >= 15 is 0 Å². The highest BCUT2D eigenvalue weighted by Crippen LogP contribution is 2.15. The molecule has 152 valence electrons. The lowest BCUT2D eigenvalue weighted by Crippen LogP contribution is -2.25. The van der Waals surface area contributed by atoms with Crippen molar-refractivity contribution in [2.45, 2.75) is 45.1 Å². The van der Waals surface area contributed by atoms with Crippen LogP contribution in [0.2, 0.25) is 0 Å². The molecule has 0 radical (unpaired) electrons. The first kappa shape index (κ1) is 21.6. The highest BCUT2D eigenvalue weighted by atomic mass is 16.4. The number of benzene rings is 1. The molecule has 1 aliphatic rings. The van der Waals surface area contributed by atoms with Gasteiger partial charge in [0, 0.05) is 5.56 Å². The van der Waals surface area contributed by atoms with Gasteiger partial charge in [0.05, 0.1) is 12.7 Å². The Bertz CT molecular complexity index is 713. The van der Waals surface area contributed by atoms with Gasteiger partial charge in [-0.15, -0.1) is 0 Å². The summed E-state index contributed by atoms with van der Waals surface area (Å²) in [6, 6.07) is 10.3. The number of likely N-dealkylation sites (tertiary alicyclic amines) is 1. The molecule has 2 N–H and O–H groups in total. The lowest BCUT2D eigenvalue weighted by Gasteiger charge is -2.19. The van der Waals surface area contributed by atoms with Crippen LogP contribution in [-0.4, -0.2) is 61.7 Å². The maximum atomic E-state index is 9.10. The molecule has 0 aliphatic carbocycles. The predicted molar refractivity (Wildman–Crippen MR) is 105 cm³/mol. The van der Waals surface area contributed by atoms with Gasteiger partial charge in [-0.3, -0.25) is 0 Å². The second-order valence-corrected chi connectivity index (χ2v) is 6.76. The predicted octanol–water partition coefficient (Wildman–Crippen LogP) is 2.76. The van der Waals surface area contributed by atoms with Crippen molar-refractivity contribution in [3.8, 4) is 11.3 Å². The fourth-order valence-electron chi connectivity index (χ4n) is 3.09. The Morgan fingerprint density at radius 1 is 0.893 bits per heavy atom. The number of rotatable bonds is 6. The third-order valence-corrected chi connectivity index (χ3v) is 4.57. The Morgan fingerprint density at radius 3 is 2.11 bits per heavy atom. The van der Waals surface area contributed by atoms with Crippen LogP contribution >= 0.6 is 0 Å². The van der Waals surface area contributed by atoms with Crippen LogP contribution in [0.4, 0.5) is 0 Å². The van der Waals surface area contributed by atoms with Gasteiger partial charge >= 0.3 is 11.9 Å². The van der Waals surface area contributed by atoms with Crippen LogP contribution in [0.15, 0.2) is 36.5 Å². The first-order valence-corrected chi connectivity index (χ1v) is 9.70. The highest BCUT2D eigenvalue weighted by molar-refractivity contribution is 6.27. The lowest BCUT2D eigenvalue weighted by molar-refractivity contribution is -0.159. The number of carbonyl (C=O) groups is 2. The van der Waals surface area contributed by atoms with Crippen LogP contribution in [0.5, 0.6) is 0 Å². The molecule has 8 nitrogen and oxygen atoms in total. The molecule has 1 fully saturated rings. The van der Waals surface area contributed by atoms with Crippen molar-refractivity contribution >= 4 is 11.9 Å². The molecule has 1 aliphatic heterocycles. The largest absolute Gasteiger partial charge is 0.473 e. The molecule has 0 spiro atoms. The van der Waals surface area contributed by atoms with E-state index < -0.39 is 11.9 Å². The molecule has 3 rings (SSSR count). The topological polar surface area (TPSA) is 109 Å². The van der Waals surface area contributed by atoms with Crippen molar-refractivity contribution in [1.82, 2.24) is 19.9 Å². The van der Waals surface area contributed by atoms with Gasteiger partial charge in [-0.25, -0.2) is 9.59 Å². The molecule has 0 bridgehead atoms. The average molecular weight is 388 g/mol. The second-order valence-electron chi connectivity index (χ2n) is 6.76. The summed E-state index contributed by atoms with van der Waals surface area (Å²) in [7, 11) is 0. The number of carboxylic acid groups (broad SMARTS) is 2. The molecule has 0 saturated carbocycles. The molecule has 1 saturated heterocycles. The summed E-state index contributed by atoms with van der Waals surface area (Å²) < 4.78 is 0. The average Bonchev–Trinajstić information content (AvgIpc) is 3.02. The maximum Gasteiger partial charge on any atom is 0.414 e. The van der Waals surface area contributed by atoms with Crippen molar-refractivity contribution < 1.29 is 19.8 Å². The van der Waals surface area contributed by atoms with Gasteiger partial charge in [0.2, 0.25) is 0 Å². The molecule has 0 atom stereocenters. The van der Waals surface area contributed by atoms with Crippen molar-refractivity contribution in [2.24, 2.45) is 0 Å². The molecule has 0 unspecified atom stereocenters. The molecule has 2 aromatic rings. The zero-order valence-electron chi connectivity index (χ0n) is 16.0. The van der Waals surface area contributed by atoms with Gasteiger partial charge < -0.3 is 15.1 Å². The normalized spacial score (nSPS) is 14.6. The first-order chi connectivity index (χ1) is 13.6. The number of carboxylic acids is 2. The van der Waals surface area contributed by atoms with Crippen LogP contribution in [0, 0.1) is 0 Å². The summed E-state index contributed by atoms with van der Waals surface area (Å²) in [4.78, 5) is 22.7. The molecule has 1 aromatic heterocycles. The van der Waals surface area contributed by atoms with E-state index in [1.165, 1.54) is 51.7 Å². The Labute approximate surface area is 164 Å². The highest BCUT2D eigenvalue weighted by Gasteiger charge is 2.08. The van der Waals surface area contributed by atoms with E-state index in [0.717, 1.165) is 24.2 Å². The number of aromatic nitrogens is 3. The summed E-state index contributed by atoms with van der Waals surface area (Å²) in [5, 5.41) is 23.7. The SMILES string of the molecule is O=C(O)C(=O)O.c1ccc(-c2cnn(CCCCN3CCCCCC3)n2)cc1. The third kappa shape index (κ3) is 7.87. The van der Waals surface area contributed by atoms with Gasteiger partial charge in [-0.2, -0.15) is 15.0 Å². The minimum absolute atomic E-state index is 0.917. The minimum atomic E-state index is -1.82. The van der Waals surface area contributed by atoms with Crippen LogP contribution in [0.25, 0.3) is 11.3 Å². The number of aryl methyl sites for hydroxylation is 1. The Morgan fingerprint density at radius 2 is 1.50 bits per heavy atom. The summed E-state index contributed by atoms with van der Waals surface area (Å²) in [5.41, 5.74) is 2.10. The Hall–Kier alpha value is -2.74. The van der Waals surface area contributed by atoms with E-state index in [9.17, 15) is 0 Å². The van der Waals surface area contributed by atoms with E-state index in [1.807, 2.05) is 29.2 Å². The summed E-state index contributed by atoms with van der Waals surface area (Å²) in [6.07, 6.45) is 9.83. The lowest BCUT2D eigenvalue weighted by atomic mass is 10.2. The zero-order valence-corrected chi connectivity index (χ0v) is 16.0. The minimum Gasteiger partial charge on any atom is -0.473 e. The fraction of sp³-hybridized carbons (Fsp3) is 0.500. The third-order valence-electron chi connectivity index (χ3n) is 4.57. The number of nitrogens with zero attached hydrogens (tertiary/aromatic N) is 4. The van der Waals surface area contributed by atoms with E-state index in [2.05, 4.69) is 27.2 Å². The summed E-state index contributed by atoms with van der Waals surface area (Å²) in [6.45, 7) is 4.73. The van der Waals surface area contributed by atoms with Gasteiger partial charge in [0.15, 0.2) is 0 Å². The molecular weight excluding hydrogens is 360 g/mol. The Kier molecular flexibility index (Phi) is 9.14. The van der Waals surface area contributed by atoms with Gasteiger partial charge in [0.25, 0.3) is 0 Å². The smallest absolute Gasteiger partial charge is 0.414 e. The molecule has 8 heteroatoms. The summed E-state index contributed by atoms with van der Waals surface area (Å²) in [5.74, 6) is -3.65. The number of aliphatic carboxylic acids is 2. The molecule has 0 amide bonds. The van der Waals surface area contributed by atoms with Crippen molar-refractivity contribution in [1.29, 1.82) is 0 Å². The van der Waals surface area contributed by atoms with E-state index in [1.54, 1.807) is 0 Å². The van der Waals surface area contributed by atoms with E-state index in [0.29, 0.717) is 0 Å². The van der Waals surface area contributed by atoms with Crippen molar-refractivity contribution in [2.75, 3.05) is 19.6 Å². The summed E-state index contributed by atoms with van der Waals surface area (Å²) >= 11 is 0. The monoisotopic (exact) mass is 388 g/mol. The quantitative estimate of drug-likeness (QED) is 0.578. The number of hydrogen-bond acceptors (Lipinski definition) is 5. The number of unbranched alkanes of at least 4 members (excludes halogenated alkanes) is 1. The van der Waals surface area contributed by atoms with Gasteiger partial charge in [-0.05, 0) is 45.3 Å². The van der Waals surface area contributed by atoms with Crippen molar-refractivity contribution in [3.05, 3.63) is 36.5 Å². The van der Waals surface area contributed by atoms with Crippen molar-refractivity contribution in [3.63, 3.8) is 0 Å². The number of hydrogen-bond donors (Lipinski definition) is 2. The van der Waals surface area contributed by atoms with Gasteiger partial charge in [-0.1, -0.05) is 43.2 Å². The fourth-order valence-corrected chi connectivity index (χ4v) is 3.09. The second kappa shape index (κ2) is 11.9. The van der Waals surface area contributed by atoms with Crippen LogP contribution < -0.4 is 0 Å². The molecule has 1 aromatic carbocycles. The first-order valence-electron chi connectivity index (χ1n) is 9.70. The van der Waals surface area contributed by atoms with Gasteiger partial charge in [0.1, 0.15) is 5.69 Å². The van der Waals surface area contributed by atoms with Crippen LogP contribution in [-0.2, 0) is 16.1 Å².